The van der Waals surface area contributed by atoms with Crippen molar-refractivity contribution < 1.29 is 28.8 Å². The van der Waals surface area contributed by atoms with Crippen LogP contribution in [-0.2, 0) is 23.7 Å². The fraction of sp³-hybridized carbons (Fsp3) is 1.00. The van der Waals surface area contributed by atoms with E-state index >= 15 is 0 Å². The van der Waals surface area contributed by atoms with Crippen molar-refractivity contribution in [3.8, 4) is 0 Å². The van der Waals surface area contributed by atoms with Crippen LogP contribution >= 0.6 is 0 Å². The van der Waals surface area contributed by atoms with Crippen LogP contribution in [0.5, 0.6) is 0 Å². The van der Waals surface area contributed by atoms with Gasteiger partial charge in [-0.15, -0.1) is 0 Å². The number of rotatable bonds is 1. The SMILES string of the molecule is CC1(C)O[C@@H]2[C@@H](CO[C@]2(O)[C@H]2COC(C)(C)O2)O1. The summed E-state index contributed by atoms with van der Waals surface area (Å²) in [6.07, 6.45) is -1.38. The first-order valence-electron chi connectivity index (χ1n) is 6.26. The van der Waals surface area contributed by atoms with Gasteiger partial charge in [-0.3, -0.25) is 0 Å². The first-order valence-corrected chi connectivity index (χ1v) is 6.26. The van der Waals surface area contributed by atoms with Crippen LogP contribution in [0.15, 0.2) is 0 Å². The third-order valence-corrected chi connectivity index (χ3v) is 3.54. The zero-order chi connectivity index (χ0) is 13.2. The third kappa shape index (κ3) is 1.88. The van der Waals surface area contributed by atoms with Gasteiger partial charge in [0.15, 0.2) is 11.6 Å². The monoisotopic (exact) mass is 260 g/mol. The van der Waals surface area contributed by atoms with Crippen molar-refractivity contribution >= 4 is 0 Å². The normalized spacial score (nSPS) is 49.5. The number of fused-ring (bicyclic) bond motifs is 1. The Labute approximate surface area is 106 Å². The van der Waals surface area contributed by atoms with Gasteiger partial charge in [-0.1, -0.05) is 0 Å². The molecule has 18 heavy (non-hydrogen) atoms. The van der Waals surface area contributed by atoms with E-state index in [0.29, 0.717) is 6.61 Å². The zero-order valence-corrected chi connectivity index (χ0v) is 11.1. The molecule has 3 aliphatic heterocycles. The Bertz CT molecular complexity index is 354. The molecule has 0 amide bonds. The molecule has 1 N–H and O–H groups in total. The van der Waals surface area contributed by atoms with Crippen molar-refractivity contribution in [3.63, 3.8) is 0 Å². The summed E-state index contributed by atoms with van der Waals surface area (Å²) in [6.45, 7) is 7.82. The van der Waals surface area contributed by atoms with Crippen LogP contribution in [0.4, 0.5) is 0 Å². The van der Waals surface area contributed by atoms with Crippen LogP contribution in [0.2, 0.25) is 0 Å². The van der Waals surface area contributed by atoms with Crippen LogP contribution in [-0.4, -0.2) is 54.0 Å². The molecule has 104 valence electrons. The molecule has 3 rings (SSSR count). The molecular formula is C12H20O6. The molecular weight excluding hydrogens is 240 g/mol. The minimum absolute atomic E-state index is 0.266. The lowest BCUT2D eigenvalue weighted by Crippen LogP contribution is -2.54. The maximum absolute atomic E-state index is 10.7. The molecule has 6 nitrogen and oxygen atoms in total. The molecule has 0 bridgehead atoms. The van der Waals surface area contributed by atoms with E-state index in [4.69, 9.17) is 23.7 Å². The Morgan fingerprint density at radius 3 is 2.22 bits per heavy atom. The van der Waals surface area contributed by atoms with Crippen molar-refractivity contribution in [2.45, 2.75) is 63.4 Å². The van der Waals surface area contributed by atoms with Gasteiger partial charge in [-0.2, -0.15) is 0 Å². The average Bonchev–Trinajstić information content (AvgIpc) is 2.82. The Balaban J connectivity index is 1.80. The summed E-state index contributed by atoms with van der Waals surface area (Å²) in [5.41, 5.74) is 0. The summed E-state index contributed by atoms with van der Waals surface area (Å²) in [5.74, 6) is -2.93. The van der Waals surface area contributed by atoms with Crippen LogP contribution in [0.25, 0.3) is 0 Å². The topological polar surface area (TPSA) is 66.4 Å². The maximum atomic E-state index is 10.7. The van der Waals surface area contributed by atoms with E-state index < -0.39 is 29.6 Å². The fourth-order valence-electron chi connectivity index (χ4n) is 2.77. The van der Waals surface area contributed by atoms with Crippen molar-refractivity contribution in [1.82, 2.24) is 0 Å². The molecule has 6 heteroatoms. The molecule has 3 fully saturated rings. The highest BCUT2D eigenvalue weighted by Crippen LogP contribution is 2.44. The van der Waals surface area contributed by atoms with Gasteiger partial charge in [-0.25, -0.2) is 0 Å². The first kappa shape index (κ1) is 12.8. The highest BCUT2D eigenvalue weighted by molar-refractivity contribution is 5.02. The predicted molar refractivity (Wildman–Crippen MR) is 59.6 cm³/mol. The lowest BCUT2D eigenvalue weighted by atomic mass is 10.0. The molecule has 3 heterocycles. The van der Waals surface area contributed by atoms with E-state index in [9.17, 15) is 5.11 Å². The van der Waals surface area contributed by atoms with Crippen molar-refractivity contribution in [2.75, 3.05) is 13.2 Å². The summed E-state index contributed by atoms with van der Waals surface area (Å²) < 4.78 is 28.0. The molecule has 0 unspecified atom stereocenters. The van der Waals surface area contributed by atoms with Gasteiger partial charge in [-0.05, 0) is 27.7 Å². The van der Waals surface area contributed by atoms with Gasteiger partial charge in [0.2, 0.25) is 5.79 Å². The third-order valence-electron chi connectivity index (χ3n) is 3.54. The lowest BCUT2D eigenvalue weighted by molar-refractivity contribution is -0.301. The molecule has 4 atom stereocenters. The fourth-order valence-corrected chi connectivity index (χ4v) is 2.77. The molecule has 0 spiro atoms. The molecule has 0 aromatic rings. The minimum Gasteiger partial charge on any atom is -0.361 e. The van der Waals surface area contributed by atoms with Crippen LogP contribution < -0.4 is 0 Å². The molecule has 3 aliphatic rings. The second-order valence-corrected chi connectivity index (χ2v) is 5.97. The standard InChI is InChI=1S/C12H20O6/c1-10(2)14-6-8(17-10)12(13)9-7(5-15-12)16-11(3,4)18-9/h7-9,13H,5-6H2,1-4H3/t7-,8-,9-,12-/m1/s1. The summed E-state index contributed by atoms with van der Waals surface area (Å²) in [6, 6.07) is 0. The van der Waals surface area contributed by atoms with Gasteiger partial charge in [0.25, 0.3) is 0 Å². The van der Waals surface area contributed by atoms with Crippen molar-refractivity contribution in [3.05, 3.63) is 0 Å². The second-order valence-electron chi connectivity index (χ2n) is 5.97. The highest BCUT2D eigenvalue weighted by atomic mass is 16.8. The second kappa shape index (κ2) is 3.65. The van der Waals surface area contributed by atoms with Crippen LogP contribution in [0.3, 0.4) is 0 Å². The largest absolute Gasteiger partial charge is 0.361 e. The number of hydrogen-bond donors (Lipinski definition) is 1. The molecule has 0 radical (unpaired) electrons. The predicted octanol–water partition coefficient (Wildman–Crippen LogP) is 0.377. The molecule has 3 saturated heterocycles. The summed E-state index contributed by atoms with van der Waals surface area (Å²) in [7, 11) is 0. The summed E-state index contributed by atoms with van der Waals surface area (Å²) >= 11 is 0. The molecule has 0 saturated carbocycles. The molecule has 0 aliphatic carbocycles. The van der Waals surface area contributed by atoms with E-state index in [0.717, 1.165) is 0 Å². The van der Waals surface area contributed by atoms with Gasteiger partial charge in [0, 0.05) is 0 Å². The number of ether oxygens (including phenoxy) is 5. The summed E-state index contributed by atoms with van der Waals surface area (Å²) in [4.78, 5) is 0. The van der Waals surface area contributed by atoms with Gasteiger partial charge in [0.05, 0.1) is 13.2 Å². The van der Waals surface area contributed by atoms with Gasteiger partial charge in [0.1, 0.15) is 18.3 Å². The molecule has 0 aromatic heterocycles. The maximum Gasteiger partial charge on any atom is 0.224 e. The number of aliphatic hydroxyl groups is 1. The molecule has 0 aromatic carbocycles. The van der Waals surface area contributed by atoms with Gasteiger partial charge >= 0.3 is 0 Å². The van der Waals surface area contributed by atoms with Crippen molar-refractivity contribution in [2.24, 2.45) is 0 Å². The number of hydrogen-bond acceptors (Lipinski definition) is 6. The lowest BCUT2D eigenvalue weighted by Gasteiger charge is -2.33. The quantitative estimate of drug-likeness (QED) is 0.735. The summed E-state index contributed by atoms with van der Waals surface area (Å²) in [5, 5.41) is 10.7. The Morgan fingerprint density at radius 1 is 0.889 bits per heavy atom. The minimum atomic E-state index is -1.51. The van der Waals surface area contributed by atoms with Crippen molar-refractivity contribution in [1.29, 1.82) is 0 Å². The smallest absolute Gasteiger partial charge is 0.224 e. The Kier molecular flexibility index (Phi) is 2.59. The van der Waals surface area contributed by atoms with Crippen LogP contribution in [0, 0.1) is 0 Å². The van der Waals surface area contributed by atoms with E-state index in [1.165, 1.54) is 0 Å². The Hall–Kier alpha value is -0.240. The van der Waals surface area contributed by atoms with Crippen LogP contribution in [0.1, 0.15) is 27.7 Å². The Morgan fingerprint density at radius 2 is 1.61 bits per heavy atom. The average molecular weight is 260 g/mol. The van der Waals surface area contributed by atoms with Gasteiger partial charge < -0.3 is 28.8 Å². The highest BCUT2D eigenvalue weighted by Gasteiger charge is 2.63. The van der Waals surface area contributed by atoms with E-state index in [-0.39, 0.29) is 12.7 Å². The first-order chi connectivity index (χ1) is 8.22. The van der Waals surface area contributed by atoms with E-state index in [1.54, 1.807) is 13.8 Å². The zero-order valence-electron chi connectivity index (χ0n) is 11.1. The van der Waals surface area contributed by atoms with E-state index in [1.807, 2.05) is 13.8 Å². The van der Waals surface area contributed by atoms with E-state index in [2.05, 4.69) is 0 Å².